The molecule has 1 atom stereocenters. The summed E-state index contributed by atoms with van der Waals surface area (Å²) in [5.41, 5.74) is 0. The minimum Gasteiger partial charge on any atom is -0.341 e. The van der Waals surface area contributed by atoms with E-state index in [1.807, 2.05) is 7.05 Å². The summed E-state index contributed by atoms with van der Waals surface area (Å²) in [7, 11) is 1.88. The van der Waals surface area contributed by atoms with Crippen LogP contribution in [0.2, 0.25) is 0 Å². The molecular formula is C13H24N2O. The molecule has 2 rings (SSSR count). The first kappa shape index (κ1) is 11.9. The second kappa shape index (κ2) is 5.17. The third-order valence-corrected chi connectivity index (χ3v) is 4.26. The number of likely N-dealkylation sites (tertiary alicyclic amines) is 1. The van der Waals surface area contributed by atoms with E-state index in [-0.39, 0.29) is 6.04 Å². The molecule has 0 aromatic heterocycles. The summed E-state index contributed by atoms with van der Waals surface area (Å²) in [5, 5.41) is 3.10. The van der Waals surface area contributed by atoms with Gasteiger partial charge in [0.15, 0.2) is 0 Å². The number of nitrogens with zero attached hydrogens (tertiary/aromatic N) is 1. The molecule has 16 heavy (non-hydrogen) atoms. The van der Waals surface area contributed by atoms with Crippen LogP contribution in [0.25, 0.3) is 0 Å². The van der Waals surface area contributed by atoms with Gasteiger partial charge in [-0.2, -0.15) is 0 Å². The molecule has 0 aromatic carbocycles. The average Bonchev–Trinajstić information content (AvgIpc) is 2.63. The van der Waals surface area contributed by atoms with Crippen LogP contribution in [0.5, 0.6) is 0 Å². The summed E-state index contributed by atoms with van der Waals surface area (Å²) in [4.78, 5) is 14.0. The Balaban J connectivity index is 1.80. The number of amides is 1. The van der Waals surface area contributed by atoms with Crippen LogP contribution in [-0.2, 0) is 4.79 Å². The predicted octanol–water partition coefficient (Wildman–Crippen LogP) is 1.63. The minimum atomic E-state index is 0.0857. The SMILES string of the molecule is CNC1CCN(CC2CCC(C)CC2)C1=O. The van der Waals surface area contributed by atoms with Crippen molar-refractivity contribution in [1.82, 2.24) is 10.2 Å². The Morgan fingerprint density at radius 3 is 2.50 bits per heavy atom. The van der Waals surface area contributed by atoms with E-state index >= 15 is 0 Å². The van der Waals surface area contributed by atoms with Gasteiger partial charge in [-0.25, -0.2) is 0 Å². The second-order valence-electron chi connectivity index (χ2n) is 5.54. The number of rotatable bonds is 3. The van der Waals surface area contributed by atoms with E-state index in [2.05, 4.69) is 17.1 Å². The van der Waals surface area contributed by atoms with E-state index in [0.29, 0.717) is 5.91 Å². The molecule has 92 valence electrons. The summed E-state index contributed by atoms with van der Waals surface area (Å²) < 4.78 is 0. The smallest absolute Gasteiger partial charge is 0.239 e. The quantitative estimate of drug-likeness (QED) is 0.790. The first-order chi connectivity index (χ1) is 7.70. The van der Waals surface area contributed by atoms with Gasteiger partial charge >= 0.3 is 0 Å². The van der Waals surface area contributed by atoms with Gasteiger partial charge in [0.1, 0.15) is 0 Å². The third kappa shape index (κ3) is 2.57. The Morgan fingerprint density at radius 1 is 1.25 bits per heavy atom. The van der Waals surface area contributed by atoms with Crippen LogP contribution in [0, 0.1) is 11.8 Å². The Kier molecular flexibility index (Phi) is 3.85. The molecular weight excluding hydrogens is 200 g/mol. The lowest BCUT2D eigenvalue weighted by Crippen LogP contribution is -2.39. The van der Waals surface area contributed by atoms with Gasteiger partial charge < -0.3 is 10.2 Å². The lowest BCUT2D eigenvalue weighted by atomic mass is 9.83. The highest BCUT2D eigenvalue weighted by Crippen LogP contribution is 2.29. The van der Waals surface area contributed by atoms with Crippen molar-refractivity contribution in [2.75, 3.05) is 20.1 Å². The van der Waals surface area contributed by atoms with Crippen molar-refractivity contribution in [3.8, 4) is 0 Å². The largest absolute Gasteiger partial charge is 0.341 e. The standard InChI is InChI=1S/C13H24N2O/c1-10-3-5-11(6-4-10)9-15-8-7-12(14-2)13(15)16/h10-12,14H,3-9H2,1-2H3. The van der Waals surface area contributed by atoms with Crippen LogP contribution >= 0.6 is 0 Å². The number of carbonyl (C=O) groups excluding carboxylic acids is 1. The van der Waals surface area contributed by atoms with Crippen LogP contribution in [0.1, 0.15) is 39.0 Å². The highest BCUT2D eigenvalue weighted by molar-refractivity contribution is 5.83. The van der Waals surface area contributed by atoms with Crippen LogP contribution < -0.4 is 5.32 Å². The predicted molar refractivity (Wildman–Crippen MR) is 65.2 cm³/mol. The minimum absolute atomic E-state index is 0.0857. The molecule has 0 radical (unpaired) electrons. The first-order valence-electron chi connectivity index (χ1n) is 6.66. The summed E-state index contributed by atoms with van der Waals surface area (Å²) in [6.07, 6.45) is 6.31. The number of hydrogen-bond donors (Lipinski definition) is 1. The summed E-state index contributed by atoms with van der Waals surface area (Å²) in [5.74, 6) is 1.98. The van der Waals surface area contributed by atoms with Crippen LogP contribution in [0.15, 0.2) is 0 Å². The zero-order chi connectivity index (χ0) is 11.5. The lowest BCUT2D eigenvalue weighted by Gasteiger charge is -2.29. The van der Waals surface area contributed by atoms with Gasteiger partial charge in [-0.15, -0.1) is 0 Å². The van der Waals surface area contributed by atoms with Gasteiger partial charge in [0.25, 0.3) is 0 Å². The molecule has 1 amide bonds. The second-order valence-corrected chi connectivity index (χ2v) is 5.54. The molecule has 1 N–H and O–H groups in total. The maximum atomic E-state index is 11.9. The highest BCUT2D eigenvalue weighted by Gasteiger charge is 2.32. The molecule has 0 bridgehead atoms. The molecule has 3 nitrogen and oxygen atoms in total. The fourth-order valence-electron chi connectivity index (χ4n) is 3.01. The molecule has 1 unspecified atom stereocenters. The molecule has 2 aliphatic rings. The third-order valence-electron chi connectivity index (χ3n) is 4.26. The number of hydrogen-bond acceptors (Lipinski definition) is 2. The van der Waals surface area contributed by atoms with Crippen LogP contribution in [0.3, 0.4) is 0 Å². The topological polar surface area (TPSA) is 32.3 Å². The summed E-state index contributed by atoms with van der Waals surface area (Å²) >= 11 is 0. The van der Waals surface area contributed by atoms with Crippen molar-refractivity contribution >= 4 is 5.91 Å². The van der Waals surface area contributed by atoms with Crippen molar-refractivity contribution in [3.05, 3.63) is 0 Å². The fourth-order valence-corrected chi connectivity index (χ4v) is 3.01. The van der Waals surface area contributed by atoms with Gasteiger partial charge in [0.2, 0.25) is 5.91 Å². The summed E-state index contributed by atoms with van der Waals surface area (Å²) in [6, 6.07) is 0.0857. The van der Waals surface area contributed by atoms with Gasteiger partial charge in [-0.3, -0.25) is 4.79 Å². The van der Waals surface area contributed by atoms with Crippen LogP contribution in [0.4, 0.5) is 0 Å². The molecule has 1 aliphatic heterocycles. The molecule has 0 aromatic rings. The molecule has 2 fully saturated rings. The van der Waals surface area contributed by atoms with E-state index < -0.39 is 0 Å². The number of likely N-dealkylation sites (N-methyl/N-ethyl adjacent to an activating group) is 1. The molecule has 3 heteroatoms. The monoisotopic (exact) mass is 224 g/mol. The average molecular weight is 224 g/mol. The van der Waals surface area contributed by atoms with Crippen LogP contribution in [-0.4, -0.2) is 37.0 Å². The van der Waals surface area contributed by atoms with Crippen molar-refractivity contribution < 1.29 is 4.79 Å². The van der Waals surface area contributed by atoms with Crippen molar-refractivity contribution in [2.45, 2.75) is 45.1 Å². The van der Waals surface area contributed by atoms with Gasteiger partial charge in [-0.1, -0.05) is 19.8 Å². The van der Waals surface area contributed by atoms with E-state index in [0.717, 1.165) is 31.3 Å². The molecule has 1 aliphatic carbocycles. The Labute approximate surface area is 98.6 Å². The fraction of sp³-hybridized carbons (Fsp3) is 0.923. The Hall–Kier alpha value is -0.570. The maximum absolute atomic E-state index is 11.9. The maximum Gasteiger partial charge on any atom is 0.239 e. The van der Waals surface area contributed by atoms with E-state index in [1.54, 1.807) is 0 Å². The Bertz CT molecular complexity index is 246. The molecule has 1 heterocycles. The van der Waals surface area contributed by atoms with Gasteiger partial charge in [0, 0.05) is 13.1 Å². The first-order valence-corrected chi connectivity index (χ1v) is 6.66. The van der Waals surface area contributed by atoms with Crippen molar-refractivity contribution in [1.29, 1.82) is 0 Å². The van der Waals surface area contributed by atoms with E-state index in [4.69, 9.17) is 0 Å². The summed E-state index contributed by atoms with van der Waals surface area (Å²) in [6.45, 7) is 4.30. The molecule has 1 saturated carbocycles. The highest BCUT2D eigenvalue weighted by atomic mass is 16.2. The van der Waals surface area contributed by atoms with Gasteiger partial charge in [-0.05, 0) is 38.1 Å². The number of carbonyl (C=O) groups is 1. The number of nitrogens with one attached hydrogen (secondary N) is 1. The molecule has 0 spiro atoms. The normalized spacial score (nSPS) is 35.8. The zero-order valence-electron chi connectivity index (χ0n) is 10.5. The lowest BCUT2D eigenvalue weighted by molar-refractivity contribution is -0.130. The van der Waals surface area contributed by atoms with Crippen molar-refractivity contribution in [3.63, 3.8) is 0 Å². The molecule has 1 saturated heterocycles. The van der Waals surface area contributed by atoms with E-state index in [9.17, 15) is 4.79 Å². The van der Waals surface area contributed by atoms with Gasteiger partial charge in [0.05, 0.1) is 6.04 Å². The van der Waals surface area contributed by atoms with E-state index in [1.165, 1.54) is 25.7 Å². The zero-order valence-corrected chi connectivity index (χ0v) is 10.5. The van der Waals surface area contributed by atoms with Crippen molar-refractivity contribution in [2.24, 2.45) is 11.8 Å². The Morgan fingerprint density at radius 2 is 1.94 bits per heavy atom.